The normalized spacial score (nSPS) is 21.5. The van der Waals surface area contributed by atoms with E-state index in [1.807, 2.05) is 33.8 Å². The van der Waals surface area contributed by atoms with E-state index in [0.29, 0.717) is 50.0 Å². The van der Waals surface area contributed by atoms with Crippen molar-refractivity contribution < 1.29 is 23.9 Å². The Labute approximate surface area is 195 Å². The van der Waals surface area contributed by atoms with E-state index in [1.54, 1.807) is 34.1 Å². The molecular weight excluding hydrogens is 422 g/mol. The number of benzene rings is 1. The van der Waals surface area contributed by atoms with Crippen LogP contribution >= 0.6 is 0 Å². The Hall–Kier alpha value is -2.92. The van der Waals surface area contributed by atoms with E-state index in [9.17, 15) is 14.4 Å². The minimum atomic E-state index is -0.894. The smallest absolute Gasteiger partial charge is 0.332 e. The van der Waals surface area contributed by atoms with Crippen LogP contribution in [0.15, 0.2) is 24.3 Å². The number of amides is 2. The molecule has 0 aliphatic carbocycles. The van der Waals surface area contributed by atoms with Crippen molar-refractivity contribution in [3.63, 3.8) is 0 Å². The first-order valence-electron chi connectivity index (χ1n) is 11.5. The second-order valence-electron chi connectivity index (χ2n) is 9.91. The van der Waals surface area contributed by atoms with E-state index in [0.717, 1.165) is 6.42 Å². The van der Waals surface area contributed by atoms with Gasteiger partial charge in [-0.05, 0) is 77.6 Å². The van der Waals surface area contributed by atoms with Gasteiger partial charge in [0.2, 0.25) is 5.91 Å². The van der Waals surface area contributed by atoms with Crippen molar-refractivity contribution >= 4 is 17.8 Å². The first-order chi connectivity index (χ1) is 15.5. The Morgan fingerprint density at radius 2 is 1.76 bits per heavy atom. The van der Waals surface area contributed by atoms with Crippen LogP contribution in [0.1, 0.15) is 69.3 Å². The number of carbonyl (C=O) groups is 3. The fourth-order valence-electron chi connectivity index (χ4n) is 4.48. The molecule has 2 saturated heterocycles. The molecule has 0 aromatic heterocycles. The van der Waals surface area contributed by atoms with Gasteiger partial charge >= 0.3 is 5.97 Å². The van der Waals surface area contributed by atoms with Gasteiger partial charge < -0.3 is 19.3 Å². The molecule has 1 aromatic rings. The molecular formula is C25H33N3O5. The van der Waals surface area contributed by atoms with E-state index in [1.165, 1.54) is 0 Å². The molecule has 0 radical (unpaired) electrons. The van der Waals surface area contributed by atoms with Crippen LogP contribution in [-0.4, -0.2) is 71.1 Å². The zero-order valence-electron chi connectivity index (χ0n) is 19.9. The van der Waals surface area contributed by atoms with Gasteiger partial charge in [0.15, 0.2) is 0 Å². The summed E-state index contributed by atoms with van der Waals surface area (Å²) in [6.45, 7) is 8.75. The molecule has 33 heavy (non-hydrogen) atoms. The summed E-state index contributed by atoms with van der Waals surface area (Å²) in [5.74, 6) is -0.632. The van der Waals surface area contributed by atoms with Crippen LogP contribution in [0.4, 0.5) is 0 Å². The zero-order valence-corrected chi connectivity index (χ0v) is 19.9. The minimum absolute atomic E-state index is 0.0485. The van der Waals surface area contributed by atoms with Crippen molar-refractivity contribution in [1.82, 2.24) is 9.80 Å². The van der Waals surface area contributed by atoms with Crippen molar-refractivity contribution in [3.8, 4) is 6.07 Å². The molecule has 2 heterocycles. The highest BCUT2D eigenvalue weighted by molar-refractivity contribution is 5.99. The van der Waals surface area contributed by atoms with Crippen molar-refractivity contribution in [3.05, 3.63) is 35.4 Å². The Morgan fingerprint density at radius 3 is 2.33 bits per heavy atom. The van der Waals surface area contributed by atoms with Gasteiger partial charge in [0.1, 0.15) is 17.7 Å². The number of hydrogen-bond acceptors (Lipinski definition) is 6. The molecule has 178 valence electrons. The highest BCUT2D eigenvalue weighted by Gasteiger charge is 2.48. The number of esters is 1. The zero-order chi connectivity index (χ0) is 24.2. The molecule has 8 heteroatoms. The first-order valence-corrected chi connectivity index (χ1v) is 11.5. The van der Waals surface area contributed by atoms with Crippen LogP contribution in [-0.2, 0) is 19.1 Å². The molecule has 0 bridgehead atoms. The molecule has 2 aliphatic heterocycles. The number of nitriles is 1. The summed E-state index contributed by atoms with van der Waals surface area (Å²) in [6, 6.07) is 8.55. The topological polar surface area (TPSA) is 99.9 Å². The average molecular weight is 456 g/mol. The van der Waals surface area contributed by atoms with E-state index in [4.69, 9.17) is 14.7 Å². The Morgan fingerprint density at radius 1 is 1.12 bits per heavy atom. The summed E-state index contributed by atoms with van der Waals surface area (Å²) in [7, 11) is 0. The highest BCUT2D eigenvalue weighted by atomic mass is 16.6. The van der Waals surface area contributed by atoms with Gasteiger partial charge in [-0.2, -0.15) is 5.26 Å². The van der Waals surface area contributed by atoms with Gasteiger partial charge in [0, 0.05) is 25.2 Å². The molecule has 0 unspecified atom stereocenters. The minimum Gasteiger partial charge on any atom is -0.458 e. The van der Waals surface area contributed by atoms with Crippen LogP contribution in [0.3, 0.4) is 0 Å². The van der Waals surface area contributed by atoms with Crippen molar-refractivity contribution in [2.45, 2.75) is 70.6 Å². The number of hydrogen-bond donors (Lipinski definition) is 0. The van der Waals surface area contributed by atoms with Gasteiger partial charge in [0.05, 0.1) is 17.7 Å². The van der Waals surface area contributed by atoms with Crippen molar-refractivity contribution in [2.75, 3.05) is 26.2 Å². The fraction of sp³-hybridized carbons (Fsp3) is 0.600. The third kappa shape index (κ3) is 5.91. The molecule has 2 amide bonds. The third-order valence-electron chi connectivity index (χ3n) is 6.19. The molecule has 0 N–H and O–H groups in total. The molecule has 1 aromatic carbocycles. The summed E-state index contributed by atoms with van der Waals surface area (Å²) in [4.78, 5) is 42.0. The van der Waals surface area contributed by atoms with Gasteiger partial charge in [-0.3, -0.25) is 9.59 Å². The lowest BCUT2D eigenvalue weighted by Crippen LogP contribution is -2.58. The largest absolute Gasteiger partial charge is 0.458 e. The number of likely N-dealkylation sites (tertiary alicyclic amines) is 2. The number of nitrogens with zero attached hydrogens (tertiary/aromatic N) is 3. The van der Waals surface area contributed by atoms with Gasteiger partial charge in [0.25, 0.3) is 5.91 Å². The number of carbonyl (C=O) groups excluding carboxylic acids is 3. The molecule has 2 aliphatic rings. The maximum atomic E-state index is 13.5. The Balaban J connectivity index is 1.57. The first kappa shape index (κ1) is 24.7. The molecule has 0 spiro atoms. The predicted octanol–water partition coefficient (Wildman–Crippen LogP) is 2.90. The van der Waals surface area contributed by atoms with Crippen LogP contribution < -0.4 is 0 Å². The van der Waals surface area contributed by atoms with E-state index in [-0.39, 0.29) is 24.5 Å². The SMILES string of the molecule is CC(C)(C)OC(=O)COC1CCN(C(=O)[C@@]2(C)CCCN2C(=O)c2ccc(C#N)cc2)CC1. The second kappa shape index (κ2) is 9.92. The number of rotatable bonds is 5. The monoisotopic (exact) mass is 455 g/mol. The lowest BCUT2D eigenvalue weighted by atomic mass is 9.94. The van der Waals surface area contributed by atoms with Gasteiger partial charge in [-0.15, -0.1) is 0 Å². The summed E-state index contributed by atoms with van der Waals surface area (Å²) in [5.41, 5.74) is -0.476. The summed E-state index contributed by atoms with van der Waals surface area (Å²) >= 11 is 0. The third-order valence-corrected chi connectivity index (χ3v) is 6.19. The standard InChI is InChI=1S/C25H33N3O5/c1-24(2,3)33-21(29)17-32-20-10-14-27(15-11-20)23(31)25(4)12-5-13-28(25)22(30)19-8-6-18(16-26)7-9-19/h6-9,20H,5,10-15,17H2,1-4H3/t25-/m1/s1. The van der Waals surface area contributed by atoms with Crippen LogP contribution in [0.5, 0.6) is 0 Å². The lowest BCUT2D eigenvalue weighted by molar-refractivity contribution is -0.164. The van der Waals surface area contributed by atoms with E-state index >= 15 is 0 Å². The summed E-state index contributed by atoms with van der Waals surface area (Å²) in [6.07, 6.45) is 2.54. The maximum Gasteiger partial charge on any atom is 0.332 e. The quantitative estimate of drug-likeness (QED) is 0.633. The summed E-state index contributed by atoms with van der Waals surface area (Å²) < 4.78 is 11.0. The molecule has 2 fully saturated rings. The molecule has 8 nitrogen and oxygen atoms in total. The van der Waals surface area contributed by atoms with Crippen LogP contribution in [0.25, 0.3) is 0 Å². The predicted molar refractivity (Wildman–Crippen MR) is 121 cm³/mol. The Bertz CT molecular complexity index is 923. The van der Waals surface area contributed by atoms with Crippen molar-refractivity contribution in [1.29, 1.82) is 5.26 Å². The van der Waals surface area contributed by atoms with Crippen LogP contribution in [0.2, 0.25) is 0 Å². The molecule has 1 atom stereocenters. The fourth-order valence-corrected chi connectivity index (χ4v) is 4.48. The van der Waals surface area contributed by atoms with Crippen LogP contribution in [0, 0.1) is 11.3 Å². The van der Waals surface area contributed by atoms with Crippen molar-refractivity contribution in [2.24, 2.45) is 0 Å². The lowest BCUT2D eigenvalue weighted by Gasteiger charge is -2.40. The molecule has 0 saturated carbocycles. The number of piperidine rings is 1. The second-order valence-corrected chi connectivity index (χ2v) is 9.91. The maximum absolute atomic E-state index is 13.5. The van der Waals surface area contributed by atoms with Gasteiger partial charge in [-0.25, -0.2) is 4.79 Å². The van der Waals surface area contributed by atoms with E-state index < -0.39 is 17.1 Å². The summed E-state index contributed by atoms with van der Waals surface area (Å²) in [5, 5.41) is 8.98. The molecule has 3 rings (SSSR count). The Kier molecular flexibility index (Phi) is 7.43. The average Bonchev–Trinajstić information content (AvgIpc) is 3.18. The number of ether oxygens (including phenoxy) is 2. The highest BCUT2D eigenvalue weighted by Crippen LogP contribution is 2.33. The van der Waals surface area contributed by atoms with Gasteiger partial charge in [-0.1, -0.05) is 0 Å². The van der Waals surface area contributed by atoms with E-state index in [2.05, 4.69) is 0 Å².